The lowest BCUT2D eigenvalue weighted by Crippen LogP contribution is -2.46. The smallest absolute Gasteiger partial charge is 0.321 e. The largest absolute Gasteiger partial charge is 0.480 e. The first kappa shape index (κ1) is 14.9. The maximum Gasteiger partial charge on any atom is 0.321 e. The number of thioether (sulfide) groups is 1. The van der Waals surface area contributed by atoms with E-state index < -0.39 is 28.4 Å². The Hall–Kier alpha value is -1.14. The lowest BCUT2D eigenvalue weighted by molar-refractivity contribution is -0.139. The van der Waals surface area contributed by atoms with E-state index >= 15 is 0 Å². The molecule has 0 unspecified atom stereocenters. The van der Waals surface area contributed by atoms with E-state index in [1.54, 1.807) is 13.8 Å². The minimum Gasteiger partial charge on any atom is -0.480 e. The molecular weight excluding hydrogens is 260 g/mol. The van der Waals surface area contributed by atoms with Gasteiger partial charge in [-0.05, 0) is 32.0 Å². The molecule has 0 aliphatic heterocycles. The molecule has 18 heavy (non-hydrogen) atoms. The second-order valence-electron chi connectivity index (χ2n) is 4.44. The molecule has 1 aromatic rings. The topological polar surface area (TPSA) is 63.3 Å². The molecule has 0 fully saturated rings. The van der Waals surface area contributed by atoms with Gasteiger partial charge in [0, 0.05) is 16.1 Å². The Balaban J connectivity index is 2.75. The highest BCUT2D eigenvalue weighted by Crippen LogP contribution is 2.31. The highest BCUT2D eigenvalue weighted by molar-refractivity contribution is 7.99. The van der Waals surface area contributed by atoms with E-state index in [1.807, 2.05) is 0 Å². The van der Waals surface area contributed by atoms with Crippen molar-refractivity contribution < 1.29 is 18.7 Å². The third kappa shape index (κ3) is 3.68. The molecule has 0 saturated carbocycles. The number of carbonyl (C=O) groups is 1. The zero-order valence-corrected chi connectivity index (χ0v) is 10.9. The zero-order chi connectivity index (χ0) is 13.9. The maximum atomic E-state index is 13.4. The predicted octanol–water partition coefficient (Wildman–Crippen LogP) is 2.39. The summed E-state index contributed by atoms with van der Waals surface area (Å²) in [6.07, 6.45) is 0. The number of benzene rings is 1. The van der Waals surface area contributed by atoms with E-state index in [2.05, 4.69) is 0 Å². The van der Waals surface area contributed by atoms with Crippen molar-refractivity contribution in [3.63, 3.8) is 0 Å². The molecule has 3 N–H and O–H groups in total. The molecule has 0 aliphatic rings. The number of halogens is 2. The molecule has 0 bridgehead atoms. The van der Waals surface area contributed by atoms with Crippen LogP contribution in [0.15, 0.2) is 18.2 Å². The van der Waals surface area contributed by atoms with Crippen molar-refractivity contribution in [2.45, 2.75) is 30.4 Å². The molecule has 0 aromatic heterocycles. The fourth-order valence-corrected chi connectivity index (χ4v) is 2.33. The normalized spacial score (nSPS) is 13.4. The second kappa shape index (κ2) is 5.67. The average molecular weight is 275 g/mol. The van der Waals surface area contributed by atoms with Crippen LogP contribution in [0.5, 0.6) is 0 Å². The lowest BCUT2D eigenvalue weighted by atomic mass is 10.1. The molecular formula is C12H15F2NO2S. The van der Waals surface area contributed by atoms with Crippen molar-refractivity contribution in [3.05, 3.63) is 35.4 Å². The van der Waals surface area contributed by atoms with Crippen LogP contribution in [0.4, 0.5) is 8.78 Å². The quantitative estimate of drug-likeness (QED) is 0.866. The molecule has 1 rings (SSSR count). The average Bonchev–Trinajstić information content (AvgIpc) is 2.29. The van der Waals surface area contributed by atoms with Gasteiger partial charge in [-0.1, -0.05) is 0 Å². The Bertz CT molecular complexity index is 452. The Morgan fingerprint density at radius 3 is 2.67 bits per heavy atom. The van der Waals surface area contributed by atoms with Gasteiger partial charge in [-0.2, -0.15) is 0 Å². The molecule has 6 heteroatoms. The summed E-state index contributed by atoms with van der Waals surface area (Å²) in [7, 11) is 0. The van der Waals surface area contributed by atoms with Crippen molar-refractivity contribution >= 4 is 17.7 Å². The summed E-state index contributed by atoms with van der Waals surface area (Å²) in [5, 5.41) is 8.84. The molecule has 100 valence electrons. The molecule has 0 spiro atoms. The SMILES string of the molecule is CC(C)(SCc1cc(F)ccc1F)[C@@H](N)C(=O)O. The fourth-order valence-electron chi connectivity index (χ4n) is 1.30. The van der Waals surface area contributed by atoms with Crippen LogP contribution in [0.25, 0.3) is 0 Å². The van der Waals surface area contributed by atoms with E-state index in [0.717, 1.165) is 18.2 Å². The van der Waals surface area contributed by atoms with Crippen molar-refractivity contribution in [1.82, 2.24) is 0 Å². The Morgan fingerprint density at radius 1 is 1.50 bits per heavy atom. The van der Waals surface area contributed by atoms with Gasteiger partial charge in [0.2, 0.25) is 0 Å². The number of carboxylic acids is 1. The minimum atomic E-state index is -1.12. The molecule has 0 aliphatic carbocycles. The molecule has 0 amide bonds. The number of carboxylic acid groups (broad SMARTS) is 1. The summed E-state index contributed by atoms with van der Waals surface area (Å²) in [6.45, 7) is 3.32. The number of hydrogen-bond acceptors (Lipinski definition) is 3. The van der Waals surface area contributed by atoms with E-state index in [1.165, 1.54) is 11.8 Å². The zero-order valence-electron chi connectivity index (χ0n) is 10.1. The van der Waals surface area contributed by atoms with Crippen LogP contribution >= 0.6 is 11.8 Å². The number of aliphatic carboxylic acids is 1. The fraction of sp³-hybridized carbons (Fsp3) is 0.417. The van der Waals surface area contributed by atoms with Gasteiger partial charge < -0.3 is 10.8 Å². The van der Waals surface area contributed by atoms with Crippen LogP contribution in [-0.4, -0.2) is 21.9 Å². The second-order valence-corrected chi connectivity index (χ2v) is 6.07. The van der Waals surface area contributed by atoms with E-state index in [4.69, 9.17) is 10.8 Å². The van der Waals surface area contributed by atoms with Crippen molar-refractivity contribution in [1.29, 1.82) is 0 Å². The number of nitrogens with two attached hydrogens (primary N) is 1. The summed E-state index contributed by atoms with van der Waals surface area (Å²) in [4.78, 5) is 10.8. The molecule has 1 aromatic carbocycles. The van der Waals surface area contributed by atoms with E-state index in [9.17, 15) is 13.6 Å². The van der Waals surface area contributed by atoms with Crippen molar-refractivity contribution in [2.75, 3.05) is 0 Å². The first-order valence-corrected chi connectivity index (χ1v) is 6.29. The number of rotatable bonds is 5. The summed E-state index contributed by atoms with van der Waals surface area (Å²) < 4.78 is 25.6. The van der Waals surface area contributed by atoms with Gasteiger partial charge in [0.25, 0.3) is 0 Å². The summed E-state index contributed by atoms with van der Waals surface area (Å²) in [5.41, 5.74) is 5.74. The molecule has 0 heterocycles. The van der Waals surface area contributed by atoms with Crippen LogP contribution in [0.2, 0.25) is 0 Å². The molecule has 0 saturated heterocycles. The van der Waals surface area contributed by atoms with Crippen LogP contribution in [0.3, 0.4) is 0 Å². The van der Waals surface area contributed by atoms with Gasteiger partial charge in [0.1, 0.15) is 17.7 Å². The van der Waals surface area contributed by atoms with Crippen LogP contribution in [-0.2, 0) is 10.5 Å². The number of hydrogen-bond donors (Lipinski definition) is 2. The van der Waals surface area contributed by atoms with E-state index in [0.29, 0.717) is 0 Å². The van der Waals surface area contributed by atoms with Gasteiger partial charge in [0.05, 0.1) is 0 Å². The first-order chi connectivity index (χ1) is 8.24. The lowest BCUT2D eigenvalue weighted by Gasteiger charge is -2.28. The van der Waals surface area contributed by atoms with Gasteiger partial charge in [0.15, 0.2) is 0 Å². The molecule has 0 radical (unpaired) electrons. The molecule has 3 nitrogen and oxygen atoms in total. The molecule has 1 atom stereocenters. The monoisotopic (exact) mass is 275 g/mol. The summed E-state index contributed by atoms with van der Waals surface area (Å²) in [6, 6.07) is 2.12. The Morgan fingerprint density at radius 2 is 2.11 bits per heavy atom. The van der Waals surface area contributed by atoms with Gasteiger partial charge >= 0.3 is 5.97 Å². The predicted molar refractivity (Wildman–Crippen MR) is 67.3 cm³/mol. The van der Waals surface area contributed by atoms with Crippen molar-refractivity contribution in [2.24, 2.45) is 5.73 Å². The van der Waals surface area contributed by atoms with E-state index in [-0.39, 0.29) is 11.3 Å². The maximum absolute atomic E-state index is 13.4. The van der Waals surface area contributed by atoms with Gasteiger partial charge in [-0.15, -0.1) is 11.8 Å². The van der Waals surface area contributed by atoms with Gasteiger partial charge in [-0.25, -0.2) is 8.78 Å². The minimum absolute atomic E-state index is 0.164. The summed E-state index contributed by atoms with van der Waals surface area (Å²) in [5.74, 6) is -1.99. The third-order valence-electron chi connectivity index (χ3n) is 2.62. The first-order valence-electron chi connectivity index (χ1n) is 5.30. The Labute approximate surface area is 108 Å². The highest BCUT2D eigenvalue weighted by Gasteiger charge is 2.32. The standard InChI is InChI=1S/C12H15F2NO2S/c1-12(2,10(15)11(16)17)18-6-7-5-8(13)3-4-9(7)14/h3-5,10H,6,15H2,1-2H3,(H,16,17)/t10-/m0/s1. The highest BCUT2D eigenvalue weighted by atomic mass is 32.2. The summed E-state index contributed by atoms with van der Waals surface area (Å²) >= 11 is 1.18. The van der Waals surface area contributed by atoms with Crippen molar-refractivity contribution in [3.8, 4) is 0 Å². The third-order valence-corrected chi connectivity index (χ3v) is 4.08. The van der Waals surface area contributed by atoms with Crippen LogP contribution < -0.4 is 5.73 Å². The van der Waals surface area contributed by atoms with Crippen LogP contribution in [0.1, 0.15) is 19.4 Å². The Kier molecular flexibility index (Phi) is 4.70. The van der Waals surface area contributed by atoms with Crippen LogP contribution in [0, 0.1) is 11.6 Å². The van der Waals surface area contributed by atoms with Gasteiger partial charge in [-0.3, -0.25) is 4.79 Å².